The first-order chi connectivity index (χ1) is 10.9. The average Bonchev–Trinajstić information content (AvgIpc) is 2.83. The molecule has 1 aromatic carbocycles. The van der Waals surface area contributed by atoms with Gasteiger partial charge >= 0.3 is 0 Å². The Morgan fingerprint density at radius 1 is 1.00 bits per heavy atom. The number of rotatable bonds is 3. The topological polar surface area (TPSA) is 33.1 Å². The van der Waals surface area contributed by atoms with Crippen LogP contribution >= 0.6 is 23.1 Å². The standard InChI is InChI=1S/C20H29NOS2/c1-12(2)24-18-21-16(11-23-18)13-9-14(19(3,4)5)17(22)15(10-13)20(6,7)8/h9-12,22H,1-8H3. The Morgan fingerprint density at radius 2 is 1.50 bits per heavy atom. The zero-order valence-corrected chi connectivity index (χ0v) is 17.7. The summed E-state index contributed by atoms with van der Waals surface area (Å²) in [6.07, 6.45) is 0. The molecule has 0 bridgehead atoms. The number of aromatic nitrogens is 1. The van der Waals surface area contributed by atoms with Gasteiger partial charge in [-0.1, -0.05) is 67.2 Å². The van der Waals surface area contributed by atoms with Crippen molar-refractivity contribution in [3.05, 3.63) is 28.6 Å². The highest BCUT2D eigenvalue weighted by Crippen LogP contribution is 2.42. The predicted octanol–water partition coefficient (Wildman–Crippen LogP) is 6.61. The summed E-state index contributed by atoms with van der Waals surface area (Å²) in [6, 6.07) is 4.20. The minimum atomic E-state index is -0.119. The van der Waals surface area contributed by atoms with Gasteiger partial charge in [-0.25, -0.2) is 4.98 Å². The van der Waals surface area contributed by atoms with Crippen LogP contribution in [0.25, 0.3) is 11.3 Å². The third-order valence-electron chi connectivity index (χ3n) is 3.84. The zero-order valence-electron chi connectivity index (χ0n) is 16.0. The highest BCUT2D eigenvalue weighted by Gasteiger charge is 2.27. The summed E-state index contributed by atoms with van der Waals surface area (Å²) >= 11 is 3.49. The molecule has 0 fully saturated rings. The maximum Gasteiger partial charge on any atom is 0.150 e. The Balaban J connectivity index is 2.60. The van der Waals surface area contributed by atoms with Crippen molar-refractivity contribution in [2.75, 3.05) is 0 Å². The van der Waals surface area contributed by atoms with Crippen LogP contribution in [0, 0.1) is 0 Å². The molecular formula is C20H29NOS2. The fourth-order valence-electron chi connectivity index (χ4n) is 2.57. The molecule has 24 heavy (non-hydrogen) atoms. The van der Waals surface area contributed by atoms with Gasteiger partial charge in [-0.15, -0.1) is 11.3 Å². The minimum absolute atomic E-state index is 0.119. The molecular weight excluding hydrogens is 334 g/mol. The third-order valence-corrected chi connectivity index (χ3v) is 5.82. The zero-order chi connectivity index (χ0) is 18.3. The summed E-state index contributed by atoms with van der Waals surface area (Å²) in [5.74, 6) is 0.422. The summed E-state index contributed by atoms with van der Waals surface area (Å²) in [5, 5.41) is 13.5. The van der Waals surface area contributed by atoms with Crippen molar-refractivity contribution in [2.45, 2.75) is 75.8 Å². The molecule has 0 saturated heterocycles. The van der Waals surface area contributed by atoms with Gasteiger partial charge in [-0.3, -0.25) is 0 Å². The molecule has 0 unspecified atom stereocenters. The van der Waals surface area contributed by atoms with Crippen LogP contribution in [0.4, 0.5) is 0 Å². The quantitative estimate of drug-likeness (QED) is 0.623. The van der Waals surface area contributed by atoms with E-state index in [-0.39, 0.29) is 10.8 Å². The molecule has 2 rings (SSSR count). The van der Waals surface area contributed by atoms with Crippen molar-refractivity contribution in [1.29, 1.82) is 0 Å². The predicted molar refractivity (Wildman–Crippen MR) is 108 cm³/mol. The monoisotopic (exact) mass is 363 g/mol. The molecule has 0 atom stereocenters. The van der Waals surface area contributed by atoms with E-state index in [4.69, 9.17) is 4.98 Å². The van der Waals surface area contributed by atoms with Crippen molar-refractivity contribution in [1.82, 2.24) is 4.98 Å². The van der Waals surface area contributed by atoms with E-state index in [1.165, 1.54) is 0 Å². The number of nitrogens with zero attached hydrogens (tertiary/aromatic N) is 1. The molecule has 0 spiro atoms. The Labute approximate surface area is 154 Å². The molecule has 0 aliphatic rings. The molecule has 0 aliphatic carbocycles. The van der Waals surface area contributed by atoms with Crippen LogP contribution in [-0.4, -0.2) is 15.3 Å². The van der Waals surface area contributed by atoms with Crippen molar-refractivity contribution in [3.63, 3.8) is 0 Å². The number of aromatic hydroxyl groups is 1. The van der Waals surface area contributed by atoms with Crippen molar-refractivity contribution >= 4 is 23.1 Å². The lowest BCUT2D eigenvalue weighted by Gasteiger charge is -2.28. The van der Waals surface area contributed by atoms with E-state index in [9.17, 15) is 5.11 Å². The van der Waals surface area contributed by atoms with Gasteiger partial charge in [0.25, 0.3) is 0 Å². The summed E-state index contributed by atoms with van der Waals surface area (Å²) in [6.45, 7) is 17.2. The summed E-state index contributed by atoms with van der Waals surface area (Å²) < 4.78 is 1.10. The lowest BCUT2D eigenvalue weighted by molar-refractivity contribution is 0.423. The van der Waals surface area contributed by atoms with E-state index < -0.39 is 0 Å². The molecule has 2 nitrogen and oxygen atoms in total. The van der Waals surface area contributed by atoms with Crippen molar-refractivity contribution in [2.24, 2.45) is 0 Å². The summed E-state index contributed by atoms with van der Waals surface area (Å²) in [5.41, 5.74) is 3.82. The van der Waals surface area contributed by atoms with E-state index in [2.05, 4.69) is 72.9 Å². The first-order valence-corrected chi connectivity index (χ1v) is 10.2. The number of thiazole rings is 1. The maximum atomic E-state index is 10.8. The first kappa shape index (κ1) is 19.3. The minimum Gasteiger partial charge on any atom is -0.507 e. The number of phenols is 1. The van der Waals surface area contributed by atoms with Gasteiger partial charge in [0, 0.05) is 27.3 Å². The fourth-order valence-corrected chi connectivity index (χ4v) is 4.62. The Hall–Kier alpha value is -1.00. The van der Waals surface area contributed by atoms with Gasteiger partial charge in [0.15, 0.2) is 4.34 Å². The number of hydrogen-bond donors (Lipinski definition) is 1. The lowest BCUT2D eigenvalue weighted by atomic mass is 9.78. The third kappa shape index (κ3) is 4.34. The van der Waals surface area contributed by atoms with E-state index in [1.54, 1.807) is 23.1 Å². The van der Waals surface area contributed by atoms with Gasteiger partial charge in [0.05, 0.1) is 5.69 Å². The van der Waals surface area contributed by atoms with Crippen molar-refractivity contribution in [3.8, 4) is 17.0 Å². The Morgan fingerprint density at radius 3 is 1.92 bits per heavy atom. The second kappa shape index (κ2) is 6.72. The molecule has 0 radical (unpaired) electrons. The van der Waals surface area contributed by atoms with Crippen LogP contribution in [0.3, 0.4) is 0 Å². The van der Waals surface area contributed by atoms with E-state index in [0.717, 1.165) is 26.7 Å². The second-order valence-corrected chi connectivity index (χ2v) is 11.3. The molecule has 0 aliphatic heterocycles. The fraction of sp³-hybridized carbons (Fsp3) is 0.550. The number of thioether (sulfide) groups is 1. The van der Waals surface area contributed by atoms with Crippen LogP contribution in [-0.2, 0) is 10.8 Å². The Bertz CT molecular complexity index is 683. The van der Waals surface area contributed by atoms with Crippen LogP contribution in [0.2, 0.25) is 0 Å². The van der Waals surface area contributed by atoms with Gasteiger partial charge in [-0.2, -0.15) is 0 Å². The first-order valence-electron chi connectivity index (χ1n) is 8.40. The van der Waals surface area contributed by atoms with E-state index in [0.29, 0.717) is 11.0 Å². The van der Waals surface area contributed by atoms with Gasteiger partial charge in [0.2, 0.25) is 0 Å². The van der Waals surface area contributed by atoms with Gasteiger partial charge in [0.1, 0.15) is 5.75 Å². The largest absolute Gasteiger partial charge is 0.507 e. The molecule has 132 valence electrons. The highest BCUT2D eigenvalue weighted by molar-refractivity contribution is 8.01. The molecule has 1 aromatic heterocycles. The lowest BCUT2D eigenvalue weighted by Crippen LogP contribution is -2.17. The number of phenolic OH excluding ortho intramolecular Hbond substituents is 1. The molecule has 0 saturated carbocycles. The molecule has 1 N–H and O–H groups in total. The van der Waals surface area contributed by atoms with Gasteiger partial charge < -0.3 is 5.11 Å². The van der Waals surface area contributed by atoms with E-state index in [1.807, 2.05) is 0 Å². The molecule has 2 aromatic rings. The van der Waals surface area contributed by atoms with E-state index >= 15 is 0 Å². The van der Waals surface area contributed by atoms with Crippen LogP contribution in [0.5, 0.6) is 5.75 Å². The molecule has 0 amide bonds. The highest BCUT2D eigenvalue weighted by atomic mass is 32.2. The van der Waals surface area contributed by atoms with Crippen LogP contribution in [0.15, 0.2) is 21.9 Å². The van der Waals surface area contributed by atoms with Crippen LogP contribution in [0.1, 0.15) is 66.5 Å². The SMILES string of the molecule is CC(C)Sc1nc(-c2cc(C(C)(C)C)c(O)c(C(C)(C)C)c2)cs1. The van der Waals surface area contributed by atoms with Gasteiger partial charge in [-0.05, 0) is 23.0 Å². The molecule has 4 heteroatoms. The number of hydrogen-bond acceptors (Lipinski definition) is 4. The average molecular weight is 364 g/mol. The molecule has 1 heterocycles. The summed E-state index contributed by atoms with van der Waals surface area (Å²) in [7, 11) is 0. The summed E-state index contributed by atoms with van der Waals surface area (Å²) in [4.78, 5) is 4.80. The number of benzene rings is 1. The van der Waals surface area contributed by atoms with Crippen molar-refractivity contribution < 1.29 is 5.11 Å². The maximum absolute atomic E-state index is 10.8. The smallest absolute Gasteiger partial charge is 0.150 e. The Kier molecular flexibility index (Phi) is 5.41. The van der Waals surface area contributed by atoms with Crippen LogP contribution < -0.4 is 0 Å². The normalized spacial score (nSPS) is 12.9. The second-order valence-electron chi connectivity index (χ2n) is 8.59.